The second kappa shape index (κ2) is 8.44. The highest BCUT2D eigenvalue weighted by Crippen LogP contribution is 2.44. The topological polar surface area (TPSA) is 46.6 Å². The zero-order chi connectivity index (χ0) is 21.3. The van der Waals surface area contributed by atoms with Gasteiger partial charge < -0.3 is 4.74 Å². The number of thioether (sulfide) groups is 1. The van der Waals surface area contributed by atoms with Crippen molar-refractivity contribution in [3.05, 3.63) is 0 Å². The van der Waals surface area contributed by atoms with E-state index in [-0.39, 0.29) is 33.5 Å². The largest absolute Gasteiger partial charge is 0.375 e. The van der Waals surface area contributed by atoms with Gasteiger partial charge in [-0.25, -0.2) is 0 Å². The highest BCUT2D eigenvalue weighted by Gasteiger charge is 2.46. The number of nitrogens with zero attached hydrogens (tertiary/aromatic N) is 1. The van der Waals surface area contributed by atoms with E-state index in [0.717, 1.165) is 12.8 Å². The molecule has 0 bridgehead atoms. The fourth-order valence-electron chi connectivity index (χ4n) is 3.82. The van der Waals surface area contributed by atoms with Gasteiger partial charge in [0.15, 0.2) is 0 Å². The highest BCUT2D eigenvalue weighted by molar-refractivity contribution is 8.00. The van der Waals surface area contributed by atoms with E-state index in [4.69, 9.17) is 4.74 Å². The van der Waals surface area contributed by atoms with Crippen molar-refractivity contribution >= 4 is 23.6 Å². The Morgan fingerprint density at radius 3 is 2.07 bits per heavy atom. The number of hydrogen-bond donors (Lipinski definition) is 0. The molecule has 0 N–H and O–H groups in total. The van der Waals surface area contributed by atoms with Crippen molar-refractivity contribution in [3.63, 3.8) is 0 Å². The van der Waals surface area contributed by atoms with Gasteiger partial charge in [0.1, 0.15) is 0 Å². The van der Waals surface area contributed by atoms with Gasteiger partial charge in [0.2, 0.25) is 11.8 Å². The van der Waals surface area contributed by atoms with Crippen molar-refractivity contribution in [3.8, 4) is 0 Å². The summed E-state index contributed by atoms with van der Waals surface area (Å²) in [5.41, 5.74) is -0.539. The van der Waals surface area contributed by atoms with Crippen molar-refractivity contribution in [2.45, 2.75) is 104 Å². The second-order valence-electron chi connectivity index (χ2n) is 10.5. The first-order valence-corrected chi connectivity index (χ1v) is 11.4. The summed E-state index contributed by atoms with van der Waals surface area (Å²) in [6, 6.07) is 0. The Balaban J connectivity index is 2.74. The average Bonchev–Trinajstić information content (AvgIpc) is 2.80. The molecule has 0 aliphatic carbocycles. The van der Waals surface area contributed by atoms with Crippen LogP contribution in [-0.4, -0.2) is 46.0 Å². The summed E-state index contributed by atoms with van der Waals surface area (Å²) in [4.78, 5) is 26.4. The van der Waals surface area contributed by atoms with Gasteiger partial charge in [0.25, 0.3) is 0 Å². The third kappa shape index (κ3) is 5.72. The van der Waals surface area contributed by atoms with E-state index in [1.54, 1.807) is 0 Å². The first-order valence-electron chi connectivity index (χ1n) is 10.1. The number of amides is 2. The van der Waals surface area contributed by atoms with Gasteiger partial charge in [-0.05, 0) is 57.6 Å². The quantitative estimate of drug-likeness (QED) is 0.468. The standard InChI is InChI=1S/C22H41NO3S/c1-11-19(2,3)15-20(4,5)22(8,9)26-13-12-21(6,7)23-17(24)14-16(27-10)18(23)25/h16H,11-15H2,1-10H3. The number of hydrogen-bond acceptors (Lipinski definition) is 4. The van der Waals surface area contributed by atoms with Crippen LogP contribution in [0.5, 0.6) is 0 Å². The van der Waals surface area contributed by atoms with E-state index in [1.165, 1.54) is 16.7 Å². The van der Waals surface area contributed by atoms with Crippen molar-refractivity contribution in [1.82, 2.24) is 4.90 Å². The summed E-state index contributed by atoms with van der Waals surface area (Å²) in [5.74, 6) is -0.115. The molecule has 1 aliphatic heterocycles. The lowest BCUT2D eigenvalue weighted by Gasteiger charge is -2.46. The third-order valence-corrected chi connectivity index (χ3v) is 7.62. The molecule has 5 heteroatoms. The van der Waals surface area contributed by atoms with Crippen molar-refractivity contribution in [1.29, 1.82) is 0 Å². The first kappa shape index (κ1) is 24.5. The van der Waals surface area contributed by atoms with Gasteiger partial charge in [-0.15, -0.1) is 0 Å². The van der Waals surface area contributed by atoms with E-state index in [9.17, 15) is 9.59 Å². The van der Waals surface area contributed by atoms with Gasteiger partial charge >= 0.3 is 0 Å². The molecule has 0 radical (unpaired) electrons. The molecule has 1 atom stereocenters. The fraction of sp³-hybridized carbons (Fsp3) is 0.909. The molecule has 2 amide bonds. The molecule has 158 valence electrons. The molecule has 0 spiro atoms. The first-order chi connectivity index (χ1) is 12.1. The minimum Gasteiger partial charge on any atom is -0.375 e. The molecule has 1 rings (SSSR count). The Bertz CT molecular complexity index is 552. The van der Waals surface area contributed by atoms with Gasteiger partial charge in [0.05, 0.1) is 10.9 Å². The van der Waals surface area contributed by atoms with E-state index in [0.29, 0.717) is 19.4 Å². The van der Waals surface area contributed by atoms with Crippen LogP contribution in [-0.2, 0) is 14.3 Å². The minimum atomic E-state index is -0.526. The smallest absolute Gasteiger partial charge is 0.243 e. The predicted molar refractivity (Wildman–Crippen MR) is 115 cm³/mol. The molecule has 1 heterocycles. The number of rotatable bonds is 10. The van der Waals surface area contributed by atoms with E-state index >= 15 is 0 Å². The van der Waals surface area contributed by atoms with Crippen LogP contribution in [0.1, 0.15) is 88.0 Å². The van der Waals surface area contributed by atoms with Crippen molar-refractivity contribution in [2.75, 3.05) is 12.9 Å². The molecule has 1 unspecified atom stereocenters. The molecular weight excluding hydrogens is 358 g/mol. The molecule has 0 aromatic rings. The zero-order valence-corrected chi connectivity index (χ0v) is 20.0. The Morgan fingerprint density at radius 2 is 1.63 bits per heavy atom. The van der Waals surface area contributed by atoms with E-state index in [2.05, 4.69) is 48.5 Å². The van der Waals surface area contributed by atoms with Gasteiger partial charge in [-0.1, -0.05) is 41.0 Å². The SMILES string of the molecule is CCC(C)(C)CC(C)(C)C(C)(C)OCCC(C)(C)N1C(=O)CC(SC)C1=O. The summed E-state index contributed by atoms with van der Waals surface area (Å²) < 4.78 is 6.35. The van der Waals surface area contributed by atoms with Crippen LogP contribution >= 0.6 is 11.8 Å². The normalized spacial score (nSPS) is 19.9. The van der Waals surface area contributed by atoms with Crippen LogP contribution in [0.4, 0.5) is 0 Å². The molecule has 1 aliphatic rings. The monoisotopic (exact) mass is 399 g/mol. The number of carbonyl (C=O) groups excluding carboxylic acids is 2. The molecule has 0 aromatic carbocycles. The zero-order valence-electron chi connectivity index (χ0n) is 19.2. The van der Waals surface area contributed by atoms with E-state index in [1.807, 2.05) is 20.1 Å². The third-order valence-electron chi connectivity index (χ3n) is 6.68. The van der Waals surface area contributed by atoms with Crippen LogP contribution in [0.15, 0.2) is 0 Å². The summed E-state index contributed by atoms with van der Waals surface area (Å²) in [5, 5.41) is -0.232. The molecule has 0 aromatic heterocycles. The number of carbonyl (C=O) groups is 2. The maximum Gasteiger partial charge on any atom is 0.243 e. The summed E-state index contributed by atoms with van der Waals surface area (Å²) in [6.45, 7) is 20.2. The molecule has 0 saturated carbocycles. The second-order valence-corrected chi connectivity index (χ2v) is 11.5. The summed E-state index contributed by atoms with van der Waals surface area (Å²) >= 11 is 1.46. The Labute approximate surface area is 171 Å². The highest BCUT2D eigenvalue weighted by atomic mass is 32.2. The average molecular weight is 400 g/mol. The van der Waals surface area contributed by atoms with Crippen molar-refractivity contribution in [2.24, 2.45) is 10.8 Å². The molecule has 27 heavy (non-hydrogen) atoms. The Kier molecular flexibility index (Phi) is 7.66. The lowest BCUT2D eigenvalue weighted by molar-refractivity contribution is -0.147. The lowest BCUT2D eigenvalue weighted by Crippen LogP contribution is -2.50. The van der Waals surface area contributed by atoms with Crippen LogP contribution in [0.3, 0.4) is 0 Å². The van der Waals surface area contributed by atoms with Crippen LogP contribution < -0.4 is 0 Å². The maximum atomic E-state index is 12.5. The Morgan fingerprint density at radius 1 is 1.07 bits per heavy atom. The van der Waals surface area contributed by atoms with E-state index < -0.39 is 5.54 Å². The minimum absolute atomic E-state index is 0.0138. The molecular formula is C22H41NO3S. The number of likely N-dealkylation sites (tertiary alicyclic amines) is 1. The molecule has 1 fully saturated rings. The molecule has 1 saturated heterocycles. The van der Waals surface area contributed by atoms with Crippen LogP contribution in [0, 0.1) is 10.8 Å². The maximum absolute atomic E-state index is 12.5. The van der Waals surface area contributed by atoms with Gasteiger partial charge in [0, 0.05) is 18.6 Å². The summed E-state index contributed by atoms with van der Waals surface area (Å²) in [6.07, 6.45) is 5.05. The van der Waals surface area contributed by atoms with Gasteiger partial charge in [-0.2, -0.15) is 11.8 Å². The number of imide groups is 1. The number of ether oxygens (including phenoxy) is 1. The summed E-state index contributed by atoms with van der Waals surface area (Å²) in [7, 11) is 0. The lowest BCUT2D eigenvalue weighted by atomic mass is 9.66. The van der Waals surface area contributed by atoms with Crippen molar-refractivity contribution < 1.29 is 14.3 Å². The Hall–Kier alpha value is -0.550. The van der Waals surface area contributed by atoms with Crippen LogP contribution in [0.2, 0.25) is 0 Å². The predicted octanol–water partition coefficient (Wildman–Crippen LogP) is 5.29. The molecule has 4 nitrogen and oxygen atoms in total. The van der Waals surface area contributed by atoms with Crippen LogP contribution in [0.25, 0.3) is 0 Å². The fourth-order valence-corrected chi connectivity index (χ4v) is 4.44. The van der Waals surface area contributed by atoms with Gasteiger partial charge in [-0.3, -0.25) is 14.5 Å².